The normalized spacial score (nSPS) is 15.5. The van der Waals surface area contributed by atoms with Crippen LogP contribution in [0.5, 0.6) is 0 Å². The molecule has 4 nitrogen and oxygen atoms in total. The van der Waals surface area contributed by atoms with Crippen molar-refractivity contribution >= 4 is 29.6 Å². The summed E-state index contributed by atoms with van der Waals surface area (Å²) in [6.45, 7) is 2.07. The molecule has 0 bridgehead atoms. The van der Waals surface area contributed by atoms with Gasteiger partial charge in [-0.25, -0.2) is 9.18 Å². The van der Waals surface area contributed by atoms with E-state index in [2.05, 4.69) is 0 Å². The maximum Gasteiger partial charge on any atom is 0.340 e. The van der Waals surface area contributed by atoms with Crippen molar-refractivity contribution < 1.29 is 18.7 Å². The molecular weight excluding hydrogens is 381 g/mol. The molecule has 2 aromatic carbocycles. The van der Waals surface area contributed by atoms with Gasteiger partial charge in [0.15, 0.2) is 0 Å². The molecule has 1 heterocycles. The molecule has 1 aliphatic heterocycles. The number of carbonyl (C=O) groups excluding carboxylic acids is 2. The van der Waals surface area contributed by atoms with E-state index in [4.69, 9.17) is 16.3 Å². The highest BCUT2D eigenvalue weighted by molar-refractivity contribution is 6.32. The van der Waals surface area contributed by atoms with Gasteiger partial charge in [0, 0.05) is 17.8 Å². The Balaban J connectivity index is 1.99. The van der Waals surface area contributed by atoms with Crippen LogP contribution in [0.4, 0.5) is 4.39 Å². The molecule has 6 heteroatoms. The molecule has 2 aromatic rings. The van der Waals surface area contributed by atoms with Crippen LogP contribution in [0.1, 0.15) is 18.1 Å². The fraction of sp³-hybridized carbons (Fsp3) is 0.182. The van der Waals surface area contributed by atoms with E-state index < -0.39 is 11.8 Å². The molecule has 0 saturated carbocycles. The minimum absolute atomic E-state index is 0.0617. The quantitative estimate of drug-likeness (QED) is 0.553. The monoisotopic (exact) mass is 399 g/mol. The predicted octanol–water partition coefficient (Wildman–Crippen LogP) is 4.39. The summed E-state index contributed by atoms with van der Waals surface area (Å²) in [7, 11) is 1.24. The van der Waals surface area contributed by atoms with Crippen LogP contribution >= 0.6 is 11.6 Å². The highest BCUT2D eigenvalue weighted by Crippen LogP contribution is 2.33. The zero-order valence-electron chi connectivity index (χ0n) is 15.5. The SMILES string of the molecule is COC(=O)C1=C(C)N(CCc2ccccc2)C(=O)/C1=C\c1c(F)cccc1Cl. The van der Waals surface area contributed by atoms with E-state index in [-0.39, 0.29) is 27.6 Å². The lowest BCUT2D eigenvalue weighted by atomic mass is 10.0. The van der Waals surface area contributed by atoms with Gasteiger partial charge in [-0.1, -0.05) is 48.0 Å². The summed E-state index contributed by atoms with van der Waals surface area (Å²) in [4.78, 5) is 26.9. The minimum Gasteiger partial charge on any atom is -0.465 e. The average Bonchev–Trinajstić information content (AvgIpc) is 2.93. The molecule has 1 amide bonds. The number of rotatable bonds is 5. The first kappa shape index (κ1) is 19.8. The first-order valence-electron chi connectivity index (χ1n) is 8.75. The first-order chi connectivity index (χ1) is 13.4. The molecule has 0 N–H and O–H groups in total. The largest absolute Gasteiger partial charge is 0.465 e. The maximum atomic E-state index is 14.2. The second-order valence-corrected chi connectivity index (χ2v) is 6.74. The summed E-state index contributed by atoms with van der Waals surface area (Å²) >= 11 is 6.09. The first-order valence-corrected chi connectivity index (χ1v) is 9.13. The lowest BCUT2D eigenvalue weighted by Crippen LogP contribution is -2.27. The van der Waals surface area contributed by atoms with Gasteiger partial charge in [0.05, 0.1) is 23.3 Å². The molecule has 0 spiro atoms. The fourth-order valence-electron chi connectivity index (χ4n) is 3.18. The number of carbonyl (C=O) groups is 2. The molecule has 1 aliphatic rings. The number of benzene rings is 2. The maximum absolute atomic E-state index is 14.2. The Morgan fingerprint density at radius 3 is 2.54 bits per heavy atom. The number of amides is 1. The number of ether oxygens (including phenoxy) is 1. The van der Waals surface area contributed by atoms with Crippen molar-refractivity contribution in [1.82, 2.24) is 4.90 Å². The summed E-state index contributed by atoms with van der Waals surface area (Å²) < 4.78 is 19.1. The number of esters is 1. The Morgan fingerprint density at radius 2 is 1.89 bits per heavy atom. The van der Waals surface area contributed by atoms with Crippen molar-refractivity contribution in [2.24, 2.45) is 0 Å². The molecule has 0 unspecified atom stereocenters. The second-order valence-electron chi connectivity index (χ2n) is 6.34. The van der Waals surface area contributed by atoms with Crippen molar-refractivity contribution in [3.63, 3.8) is 0 Å². The number of hydrogen-bond donors (Lipinski definition) is 0. The third kappa shape index (κ3) is 3.85. The van der Waals surface area contributed by atoms with Gasteiger partial charge in [-0.15, -0.1) is 0 Å². The minimum atomic E-state index is -0.647. The topological polar surface area (TPSA) is 46.6 Å². The van der Waals surface area contributed by atoms with Crippen molar-refractivity contribution in [2.75, 3.05) is 13.7 Å². The Bertz CT molecular complexity index is 962. The van der Waals surface area contributed by atoms with Crippen LogP contribution in [-0.2, 0) is 20.7 Å². The Labute approximate surface area is 167 Å². The molecule has 0 radical (unpaired) electrons. The Hall–Kier alpha value is -2.92. The Kier molecular flexibility index (Phi) is 5.95. The van der Waals surface area contributed by atoms with Gasteiger partial charge in [0.1, 0.15) is 5.82 Å². The lowest BCUT2D eigenvalue weighted by molar-refractivity contribution is -0.136. The summed E-state index contributed by atoms with van der Waals surface area (Å²) in [5.41, 5.74) is 1.81. The number of halogens is 2. The third-order valence-corrected chi connectivity index (χ3v) is 4.99. The van der Waals surface area contributed by atoms with Crippen molar-refractivity contribution in [3.8, 4) is 0 Å². The van der Waals surface area contributed by atoms with E-state index >= 15 is 0 Å². The highest BCUT2D eigenvalue weighted by Gasteiger charge is 2.37. The summed E-state index contributed by atoms with van der Waals surface area (Å²) in [5, 5.41) is 0.157. The van der Waals surface area contributed by atoms with Crippen LogP contribution in [0, 0.1) is 5.82 Å². The zero-order valence-corrected chi connectivity index (χ0v) is 16.3. The molecule has 0 atom stereocenters. The van der Waals surface area contributed by atoms with Crippen LogP contribution in [0.3, 0.4) is 0 Å². The number of methoxy groups -OCH3 is 1. The van der Waals surface area contributed by atoms with Gasteiger partial charge >= 0.3 is 5.97 Å². The van der Waals surface area contributed by atoms with Gasteiger partial charge in [0.25, 0.3) is 5.91 Å². The molecular formula is C22H19ClFNO3. The van der Waals surface area contributed by atoms with Crippen LogP contribution < -0.4 is 0 Å². The van der Waals surface area contributed by atoms with Gasteiger partial charge in [-0.3, -0.25) is 4.79 Å². The standard InChI is InChI=1S/C22H19ClFNO3/c1-14-20(22(27)28-2)17(13-16-18(23)9-6-10-19(16)24)21(26)25(14)12-11-15-7-4-3-5-8-15/h3-10,13H,11-12H2,1-2H3/b17-13-. The van der Waals surface area contributed by atoms with Crippen LogP contribution in [0.2, 0.25) is 5.02 Å². The summed E-state index contributed by atoms with van der Waals surface area (Å²) in [6, 6.07) is 14.0. The van der Waals surface area contributed by atoms with Crippen molar-refractivity contribution in [2.45, 2.75) is 13.3 Å². The molecule has 3 rings (SSSR count). The average molecular weight is 400 g/mol. The molecule has 144 valence electrons. The van der Waals surface area contributed by atoms with Gasteiger partial charge in [-0.2, -0.15) is 0 Å². The van der Waals surface area contributed by atoms with Gasteiger partial charge in [0.2, 0.25) is 0 Å². The van der Waals surface area contributed by atoms with E-state index in [1.54, 1.807) is 6.92 Å². The Morgan fingerprint density at radius 1 is 1.18 bits per heavy atom. The van der Waals surface area contributed by atoms with E-state index in [9.17, 15) is 14.0 Å². The van der Waals surface area contributed by atoms with Crippen molar-refractivity contribution in [1.29, 1.82) is 0 Å². The zero-order chi connectivity index (χ0) is 20.3. The van der Waals surface area contributed by atoms with Gasteiger partial charge in [-0.05, 0) is 37.1 Å². The van der Waals surface area contributed by atoms with E-state index in [1.807, 2.05) is 30.3 Å². The number of allylic oxidation sites excluding steroid dienone is 1. The smallest absolute Gasteiger partial charge is 0.340 e. The van der Waals surface area contributed by atoms with Crippen LogP contribution in [-0.4, -0.2) is 30.4 Å². The molecule has 0 saturated heterocycles. The summed E-state index contributed by atoms with van der Waals surface area (Å²) in [6.07, 6.45) is 1.93. The van der Waals surface area contributed by atoms with Crippen LogP contribution in [0.15, 0.2) is 65.4 Å². The van der Waals surface area contributed by atoms with E-state index in [0.29, 0.717) is 18.7 Å². The number of nitrogens with zero attached hydrogens (tertiary/aromatic N) is 1. The van der Waals surface area contributed by atoms with E-state index in [1.165, 1.54) is 36.3 Å². The molecule has 0 aliphatic carbocycles. The number of hydrogen-bond acceptors (Lipinski definition) is 3. The van der Waals surface area contributed by atoms with Crippen LogP contribution in [0.25, 0.3) is 6.08 Å². The van der Waals surface area contributed by atoms with E-state index in [0.717, 1.165) is 5.56 Å². The van der Waals surface area contributed by atoms with Crippen molar-refractivity contribution in [3.05, 3.63) is 87.3 Å². The third-order valence-electron chi connectivity index (χ3n) is 4.66. The summed E-state index contributed by atoms with van der Waals surface area (Å²) in [5.74, 6) is -1.60. The molecule has 0 aromatic heterocycles. The molecule has 0 fully saturated rings. The fourth-order valence-corrected chi connectivity index (χ4v) is 3.39. The lowest BCUT2D eigenvalue weighted by Gasteiger charge is -2.17. The second kappa shape index (κ2) is 8.40. The molecule has 28 heavy (non-hydrogen) atoms. The van der Waals surface area contributed by atoms with Gasteiger partial charge < -0.3 is 9.64 Å². The highest BCUT2D eigenvalue weighted by atomic mass is 35.5. The predicted molar refractivity (Wildman–Crippen MR) is 106 cm³/mol.